The Morgan fingerprint density at radius 3 is 2.50 bits per heavy atom. The molecule has 1 aromatic carbocycles. The Balaban J connectivity index is 2.03. The standard InChI is InChI=1S/C20H27N3O2S/c1-20(2,3)19(25)22-16-8-6-7-14(11-16)18(24)21-12-17(23(4)5)15-9-10-26-13-15/h6-11,13,17H,12H2,1-5H3,(H,21,24)(H,22,25). The molecule has 140 valence electrons. The zero-order valence-corrected chi connectivity index (χ0v) is 16.8. The molecular formula is C20H27N3O2S. The van der Waals surface area contributed by atoms with Crippen molar-refractivity contribution in [2.24, 2.45) is 5.41 Å². The SMILES string of the molecule is CN(C)C(CNC(=O)c1cccc(NC(=O)C(C)(C)C)c1)c1ccsc1. The molecule has 0 aliphatic rings. The number of carbonyl (C=O) groups excluding carboxylic acids is 2. The first-order valence-electron chi connectivity index (χ1n) is 8.56. The van der Waals surface area contributed by atoms with Crippen molar-refractivity contribution < 1.29 is 9.59 Å². The Hall–Kier alpha value is -2.18. The Morgan fingerprint density at radius 2 is 1.92 bits per heavy atom. The Labute approximate surface area is 159 Å². The number of nitrogens with one attached hydrogen (secondary N) is 2. The number of rotatable bonds is 6. The van der Waals surface area contributed by atoms with E-state index >= 15 is 0 Å². The lowest BCUT2D eigenvalue weighted by atomic mass is 9.95. The summed E-state index contributed by atoms with van der Waals surface area (Å²) in [5.74, 6) is -0.237. The van der Waals surface area contributed by atoms with Gasteiger partial charge in [0.25, 0.3) is 5.91 Å². The van der Waals surface area contributed by atoms with Gasteiger partial charge in [-0.25, -0.2) is 0 Å². The van der Waals surface area contributed by atoms with Crippen LogP contribution < -0.4 is 10.6 Å². The lowest BCUT2D eigenvalue weighted by Gasteiger charge is -2.24. The number of benzene rings is 1. The predicted molar refractivity (Wildman–Crippen MR) is 108 cm³/mol. The van der Waals surface area contributed by atoms with Gasteiger partial charge in [-0.2, -0.15) is 11.3 Å². The van der Waals surface area contributed by atoms with Crippen molar-refractivity contribution in [1.82, 2.24) is 10.2 Å². The number of nitrogens with zero attached hydrogens (tertiary/aromatic N) is 1. The molecule has 0 bridgehead atoms. The van der Waals surface area contributed by atoms with E-state index in [4.69, 9.17) is 0 Å². The fourth-order valence-corrected chi connectivity index (χ4v) is 3.12. The predicted octanol–water partition coefficient (Wildman–Crippen LogP) is 3.77. The highest BCUT2D eigenvalue weighted by Gasteiger charge is 2.21. The molecule has 1 aromatic heterocycles. The average Bonchev–Trinajstić information content (AvgIpc) is 3.08. The van der Waals surface area contributed by atoms with E-state index in [0.29, 0.717) is 17.8 Å². The van der Waals surface area contributed by atoms with E-state index in [2.05, 4.69) is 27.0 Å². The first-order valence-corrected chi connectivity index (χ1v) is 9.51. The first kappa shape index (κ1) is 20.1. The fraction of sp³-hybridized carbons (Fsp3) is 0.400. The van der Waals surface area contributed by atoms with E-state index in [1.807, 2.05) is 40.2 Å². The van der Waals surface area contributed by atoms with Gasteiger partial charge in [-0.05, 0) is 54.7 Å². The molecule has 0 saturated carbocycles. The van der Waals surface area contributed by atoms with Gasteiger partial charge in [0.05, 0.1) is 6.04 Å². The maximum Gasteiger partial charge on any atom is 0.251 e. The zero-order valence-electron chi connectivity index (χ0n) is 16.0. The molecule has 0 saturated heterocycles. The van der Waals surface area contributed by atoms with E-state index in [9.17, 15) is 9.59 Å². The minimum absolute atomic E-state index is 0.0832. The number of hydrogen-bond acceptors (Lipinski definition) is 4. The van der Waals surface area contributed by atoms with Gasteiger partial charge in [0, 0.05) is 23.2 Å². The van der Waals surface area contributed by atoms with Gasteiger partial charge in [0.15, 0.2) is 0 Å². The van der Waals surface area contributed by atoms with Crippen molar-refractivity contribution in [2.75, 3.05) is 26.0 Å². The van der Waals surface area contributed by atoms with Crippen LogP contribution in [0.25, 0.3) is 0 Å². The molecule has 2 aromatic rings. The average molecular weight is 374 g/mol. The minimum atomic E-state index is -0.488. The Morgan fingerprint density at radius 1 is 1.19 bits per heavy atom. The molecule has 1 atom stereocenters. The van der Waals surface area contributed by atoms with Crippen molar-refractivity contribution in [3.63, 3.8) is 0 Å². The molecule has 26 heavy (non-hydrogen) atoms. The molecule has 2 amide bonds. The highest BCUT2D eigenvalue weighted by molar-refractivity contribution is 7.07. The largest absolute Gasteiger partial charge is 0.350 e. The molecule has 2 rings (SSSR count). The Bertz CT molecular complexity index is 749. The highest BCUT2D eigenvalue weighted by Crippen LogP contribution is 2.21. The summed E-state index contributed by atoms with van der Waals surface area (Å²) in [5, 5.41) is 9.98. The normalized spacial score (nSPS) is 12.7. The van der Waals surface area contributed by atoms with Crippen molar-refractivity contribution >= 4 is 28.8 Å². The third kappa shape index (κ3) is 5.41. The van der Waals surface area contributed by atoms with Gasteiger partial charge in [0.1, 0.15) is 0 Å². The number of anilines is 1. The van der Waals surface area contributed by atoms with Crippen LogP contribution >= 0.6 is 11.3 Å². The Kier molecular flexibility index (Phi) is 6.56. The molecule has 1 heterocycles. The number of likely N-dealkylation sites (N-methyl/N-ethyl adjacent to an activating group) is 1. The van der Waals surface area contributed by atoms with Gasteiger partial charge in [-0.15, -0.1) is 0 Å². The van der Waals surface area contributed by atoms with Gasteiger partial charge >= 0.3 is 0 Å². The van der Waals surface area contributed by atoms with Crippen molar-refractivity contribution in [2.45, 2.75) is 26.8 Å². The quantitative estimate of drug-likeness (QED) is 0.810. The zero-order chi connectivity index (χ0) is 19.3. The lowest BCUT2D eigenvalue weighted by Crippen LogP contribution is -2.34. The second kappa shape index (κ2) is 8.47. The molecule has 6 heteroatoms. The summed E-state index contributed by atoms with van der Waals surface area (Å²) in [4.78, 5) is 26.7. The number of thiophene rings is 1. The van der Waals surface area contributed by atoms with E-state index in [-0.39, 0.29) is 17.9 Å². The van der Waals surface area contributed by atoms with Crippen LogP contribution in [0.1, 0.15) is 42.7 Å². The van der Waals surface area contributed by atoms with Crippen molar-refractivity contribution in [1.29, 1.82) is 0 Å². The van der Waals surface area contributed by atoms with Gasteiger partial charge in [-0.3, -0.25) is 9.59 Å². The van der Waals surface area contributed by atoms with Crippen LogP contribution in [0.4, 0.5) is 5.69 Å². The summed E-state index contributed by atoms with van der Waals surface area (Å²) in [7, 11) is 3.99. The van der Waals surface area contributed by atoms with Crippen LogP contribution in [0, 0.1) is 5.41 Å². The van der Waals surface area contributed by atoms with Crippen LogP contribution in [-0.4, -0.2) is 37.4 Å². The van der Waals surface area contributed by atoms with Gasteiger partial charge in [-0.1, -0.05) is 26.8 Å². The summed E-state index contributed by atoms with van der Waals surface area (Å²) in [6, 6.07) is 9.20. The molecule has 2 N–H and O–H groups in total. The molecule has 0 fully saturated rings. The van der Waals surface area contributed by atoms with Crippen LogP contribution in [0.3, 0.4) is 0 Å². The summed E-state index contributed by atoms with van der Waals surface area (Å²) in [5.41, 5.74) is 1.85. The summed E-state index contributed by atoms with van der Waals surface area (Å²) < 4.78 is 0. The third-order valence-corrected chi connectivity index (χ3v) is 4.77. The molecule has 5 nitrogen and oxygen atoms in total. The van der Waals surface area contributed by atoms with Crippen LogP contribution in [0.15, 0.2) is 41.1 Å². The smallest absolute Gasteiger partial charge is 0.251 e. The second-order valence-electron chi connectivity index (χ2n) is 7.53. The van der Waals surface area contributed by atoms with Gasteiger partial charge in [0.2, 0.25) is 5.91 Å². The molecule has 0 aliphatic heterocycles. The number of carbonyl (C=O) groups is 2. The van der Waals surface area contributed by atoms with Crippen molar-refractivity contribution in [3.8, 4) is 0 Å². The lowest BCUT2D eigenvalue weighted by molar-refractivity contribution is -0.123. The minimum Gasteiger partial charge on any atom is -0.350 e. The van der Waals surface area contributed by atoms with Crippen molar-refractivity contribution in [3.05, 3.63) is 52.2 Å². The first-order chi connectivity index (χ1) is 12.2. The van der Waals surface area contributed by atoms with E-state index < -0.39 is 5.41 Å². The maximum atomic E-state index is 12.5. The summed E-state index contributed by atoms with van der Waals surface area (Å²) in [6.45, 7) is 6.07. The van der Waals surface area contributed by atoms with Crippen LogP contribution in [0.5, 0.6) is 0 Å². The second-order valence-corrected chi connectivity index (χ2v) is 8.31. The summed E-state index contributed by atoms with van der Waals surface area (Å²) in [6.07, 6.45) is 0. The van der Waals surface area contributed by atoms with Crippen LogP contribution in [0.2, 0.25) is 0 Å². The highest BCUT2D eigenvalue weighted by atomic mass is 32.1. The molecule has 0 aliphatic carbocycles. The van der Waals surface area contributed by atoms with E-state index in [1.54, 1.807) is 35.6 Å². The van der Waals surface area contributed by atoms with E-state index in [1.165, 1.54) is 5.56 Å². The van der Waals surface area contributed by atoms with E-state index in [0.717, 1.165) is 0 Å². The molecular weight excluding hydrogens is 346 g/mol. The topological polar surface area (TPSA) is 61.4 Å². The number of amides is 2. The molecule has 1 unspecified atom stereocenters. The molecule has 0 radical (unpaired) electrons. The fourth-order valence-electron chi connectivity index (χ4n) is 2.41. The summed E-state index contributed by atoms with van der Waals surface area (Å²) >= 11 is 1.65. The van der Waals surface area contributed by atoms with Gasteiger partial charge < -0.3 is 15.5 Å². The number of hydrogen-bond donors (Lipinski definition) is 2. The monoisotopic (exact) mass is 373 g/mol. The van der Waals surface area contributed by atoms with Crippen LogP contribution in [-0.2, 0) is 4.79 Å². The molecule has 0 spiro atoms. The third-order valence-electron chi connectivity index (χ3n) is 4.07. The maximum absolute atomic E-state index is 12.5.